The van der Waals surface area contributed by atoms with Gasteiger partial charge in [-0.2, -0.15) is 0 Å². The lowest BCUT2D eigenvalue weighted by Crippen LogP contribution is -2.36. The molecule has 0 aromatic rings. The van der Waals surface area contributed by atoms with Gasteiger partial charge in [-0.3, -0.25) is 0 Å². The molecule has 0 bridgehead atoms. The van der Waals surface area contributed by atoms with Crippen molar-refractivity contribution < 1.29 is 0 Å². The third-order valence-corrected chi connectivity index (χ3v) is 9.91. The van der Waals surface area contributed by atoms with Crippen LogP contribution in [0, 0.1) is 47.3 Å². The monoisotopic (exact) mass is 478 g/mol. The molecule has 0 radical (unpaired) electrons. The van der Waals surface area contributed by atoms with Crippen molar-refractivity contribution in [2.75, 3.05) is 0 Å². The Morgan fingerprint density at radius 2 is 0.853 bits per heavy atom. The van der Waals surface area contributed by atoms with E-state index in [2.05, 4.69) is 27.7 Å². The maximum atomic E-state index is 6.15. The summed E-state index contributed by atoms with van der Waals surface area (Å²) in [5.41, 5.74) is 6.15. The van der Waals surface area contributed by atoms with Crippen molar-refractivity contribution in [1.29, 1.82) is 0 Å². The van der Waals surface area contributed by atoms with E-state index in [4.69, 9.17) is 5.73 Å². The molecule has 1 nitrogen and oxygen atoms in total. The van der Waals surface area contributed by atoms with Gasteiger partial charge in [0, 0.05) is 6.04 Å². The summed E-state index contributed by atoms with van der Waals surface area (Å²) in [7, 11) is 0. The number of hydrogen-bond acceptors (Lipinski definition) is 1. The highest BCUT2D eigenvalue weighted by atomic mass is 14.6. The Bertz CT molecular complexity index is 449. The molecular formula is C33H67N. The fourth-order valence-corrected chi connectivity index (χ4v) is 8.01. The summed E-state index contributed by atoms with van der Waals surface area (Å²) in [4.78, 5) is 0. The molecule has 4 aliphatic carbocycles. The molecule has 0 saturated heterocycles. The van der Waals surface area contributed by atoms with Crippen LogP contribution in [0.5, 0.6) is 0 Å². The van der Waals surface area contributed by atoms with E-state index in [1.165, 1.54) is 57.8 Å². The Morgan fingerprint density at radius 1 is 0.500 bits per heavy atom. The highest BCUT2D eigenvalue weighted by Gasteiger charge is 2.39. The van der Waals surface area contributed by atoms with Gasteiger partial charge in [0.2, 0.25) is 0 Å². The van der Waals surface area contributed by atoms with Gasteiger partial charge in [-0.1, -0.05) is 74.7 Å². The standard InChI is InChI=1S/C26H47N.C3H8.2C2H6/c1-18-3-5-20(6-4-18)21-7-9-23(10-8-21)26-16-13-24(17-19(26)2)22-11-14-25(27)15-12-22;1-3-2;2*1-2/h18-26H,3-17,27H2,1-2H3;3H2,1-2H3;2*1-2H3. The van der Waals surface area contributed by atoms with Gasteiger partial charge >= 0.3 is 0 Å². The lowest BCUT2D eigenvalue weighted by atomic mass is 9.60. The summed E-state index contributed by atoms with van der Waals surface area (Å²) < 4.78 is 0. The molecule has 0 amide bonds. The second-order valence-electron chi connectivity index (χ2n) is 12.3. The Balaban J connectivity index is 0.000000750. The molecule has 1 heteroatoms. The third-order valence-electron chi connectivity index (χ3n) is 9.91. The lowest BCUT2D eigenvalue weighted by Gasteiger charge is -2.45. The summed E-state index contributed by atoms with van der Waals surface area (Å²) in [5, 5.41) is 0. The molecule has 204 valence electrons. The molecule has 4 aliphatic rings. The fourth-order valence-electron chi connectivity index (χ4n) is 8.01. The van der Waals surface area contributed by atoms with Gasteiger partial charge in [-0.05, 0) is 131 Å². The zero-order chi connectivity index (χ0) is 25.5. The minimum absolute atomic E-state index is 0.512. The van der Waals surface area contributed by atoms with Crippen molar-refractivity contribution in [3.05, 3.63) is 0 Å². The van der Waals surface area contributed by atoms with Crippen LogP contribution >= 0.6 is 0 Å². The summed E-state index contributed by atoms with van der Waals surface area (Å²) in [5.74, 6) is 8.34. The van der Waals surface area contributed by atoms with Crippen molar-refractivity contribution in [1.82, 2.24) is 0 Å². The minimum atomic E-state index is 0.512. The fraction of sp³-hybridized carbons (Fsp3) is 1.00. The van der Waals surface area contributed by atoms with Crippen LogP contribution in [0.2, 0.25) is 0 Å². The second kappa shape index (κ2) is 18.2. The first kappa shape index (κ1) is 32.0. The molecule has 2 N–H and O–H groups in total. The summed E-state index contributed by atoms with van der Waals surface area (Å²) in [6, 6.07) is 0.512. The number of rotatable bonds is 3. The van der Waals surface area contributed by atoms with E-state index in [9.17, 15) is 0 Å². The van der Waals surface area contributed by atoms with Gasteiger partial charge in [0.15, 0.2) is 0 Å². The predicted molar refractivity (Wildman–Crippen MR) is 155 cm³/mol. The van der Waals surface area contributed by atoms with E-state index < -0.39 is 0 Å². The SMILES string of the molecule is CC.CC.CC1CCC(C2CCC(C3CCC(C4CCC(N)CC4)CC3C)CC2)CC1.CCC. The van der Waals surface area contributed by atoms with Crippen LogP contribution in [0.1, 0.15) is 158 Å². The van der Waals surface area contributed by atoms with Crippen LogP contribution in [-0.4, -0.2) is 6.04 Å². The summed E-state index contributed by atoms with van der Waals surface area (Å²) in [6.45, 7) is 17.3. The summed E-state index contributed by atoms with van der Waals surface area (Å²) in [6.07, 6.45) is 23.7. The highest BCUT2D eigenvalue weighted by Crippen LogP contribution is 2.49. The molecule has 0 spiro atoms. The van der Waals surface area contributed by atoms with Gasteiger partial charge in [0.1, 0.15) is 0 Å². The van der Waals surface area contributed by atoms with Crippen molar-refractivity contribution >= 4 is 0 Å². The average Bonchev–Trinajstić information content (AvgIpc) is 2.88. The van der Waals surface area contributed by atoms with Gasteiger partial charge in [-0.25, -0.2) is 0 Å². The highest BCUT2D eigenvalue weighted by molar-refractivity contribution is 4.90. The maximum Gasteiger partial charge on any atom is 0.00390 e. The van der Waals surface area contributed by atoms with E-state index in [-0.39, 0.29) is 0 Å². The molecule has 0 aliphatic heterocycles. The van der Waals surface area contributed by atoms with Gasteiger partial charge in [0.25, 0.3) is 0 Å². The predicted octanol–water partition coefficient (Wildman–Crippen LogP) is 10.7. The minimum Gasteiger partial charge on any atom is -0.328 e. The van der Waals surface area contributed by atoms with Crippen molar-refractivity contribution in [3.63, 3.8) is 0 Å². The first-order valence-electron chi connectivity index (χ1n) is 16.3. The Morgan fingerprint density at radius 3 is 1.32 bits per heavy atom. The quantitative estimate of drug-likeness (QED) is 0.429. The summed E-state index contributed by atoms with van der Waals surface area (Å²) >= 11 is 0. The van der Waals surface area contributed by atoms with E-state index in [0.29, 0.717) is 6.04 Å². The molecule has 4 fully saturated rings. The number of hydrogen-bond donors (Lipinski definition) is 1. The molecule has 0 aromatic carbocycles. The van der Waals surface area contributed by atoms with Crippen LogP contribution in [0.4, 0.5) is 0 Å². The first-order chi connectivity index (χ1) is 16.5. The first-order valence-corrected chi connectivity index (χ1v) is 16.3. The molecule has 4 rings (SSSR count). The van der Waals surface area contributed by atoms with Crippen LogP contribution < -0.4 is 5.73 Å². The molecule has 0 heterocycles. The molecule has 3 atom stereocenters. The largest absolute Gasteiger partial charge is 0.328 e. The van der Waals surface area contributed by atoms with E-state index in [1.807, 2.05) is 27.7 Å². The van der Waals surface area contributed by atoms with Crippen LogP contribution in [0.25, 0.3) is 0 Å². The Labute approximate surface area is 217 Å². The molecule has 34 heavy (non-hydrogen) atoms. The number of nitrogens with two attached hydrogens (primary N) is 1. The molecule has 4 saturated carbocycles. The normalized spacial score (nSPS) is 40.3. The topological polar surface area (TPSA) is 26.0 Å². The van der Waals surface area contributed by atoms with Crippen LogP contribution in [-0.2, 0) is 0 Å². The molecule has 0 aromatic heterocycles. The van der Waals surface area contributed by atoms with Crippen LogP contribution in [0.15, 0.2) is 0 Å². The van der Waals surface area contributed by atoms with Gasteiger partial charge < -0.3 is 5.73 Å². The maximum absolute atomic E-state index is 6.15. The second-order valence-corrected chi connectivity index (χ2v) is 12.3. The van der Waals surface area contributed by atoms with Crippen molar-refractivity contribution in [2.45, 2.75) is 164 Å². The lowest BCUT2D eigenvalue weighted by molar-refractivity contribution is 0.0553. The smallest absolute Gasteiger partial charge is 0.00390 e. The Hall–Kier alpha value is -0.0400. The van der Waals surface area contributed by atoms with Crippen LogP contribution in [0.3, 0.4) is 0 Å². The van der Waals surface area contributed by atoms with E-state index in [1.54, 1.807) is 44.9 Å². The third kappa shape index (κ3) is 10.1. The zero-order valence-corrected chi connectivity index (χ0v) is 25.1. The van der Waals surface area contributed by atoms with Gasteiger partial charge in [0.05, 0.1) is 0 Å². The van der Waals surface area contributed by atoms with E-state index in [0.717, 1.165) is 47.3 Å². The molecular weight excluding hydrogens is 410 g/mol. The molecule has 3 unspecified atom stereocenters. The Kier molecular flexibility index (Phi) is 17.2. The average molecular weight is 478 g/mol. The van der Waals surface area contributed by atoms with Crippen molar-refractivity contribution in [3.8, 4) is 0 Å². The van der Waals surface area contributed by atoms with E-state index >= 15 is 0 Å². The van der Waals surface area contributed by atoms with Gasteiger partial charge in [-0.15, -0.1) is 0 Å². The van der Waals surface area contributed by atoms with Crippen molar-refractivity contribution in [2.24, 2.45) is 53.1 Å². The zero-order valence-electron chi connectivity index (χ0n) is 25.1.